The van der Waals surface area contributed by atoms with Crippen molar-refractivity contribution in [1.82, 2.24) is 0 Å². The second-order valence-corrected chi connectivity index (χ2v) is 21.7. The van der Waals surface area contributed by atoms with E-state index < -0.39 is 37.2 Å². The molecular weight excluding hydrogens is 908 g/mol. The molecule has 6 nitrogen and oxygen atoms in total. The minimum absolute atomic E-state index is 0.258. The molecule has 4 rings (SSSR count). The molecule has 3 aliphatic rings. The molecule has 0 radical (unpaired) electrons. The summed E-state index contributed by atoms with van der Waals surface area (Å²) in [5, 5.41) is 0. The first-order chi connectivity index (χ1) is 30.7. The minimum atomic E-state index is -6.74. The van der Waals surface area contributed by atoms with Gasteiger partial charge in [-0.15, -0.1) is 0 Å². The van der Waals surface area contributed by atoms with Crippen LogP contribution in [-0.2, 0) is 30.1 Å². The molecule has 0 aromatic heterocycles. The van der Waals surface area contributed by atoms with Gasteiger partial charge in [0, 0.05) is 24.0 Å². The highest BCUT2D eigenvalue weighted by atomic mass is 33.1. The predicted molar refractivity (Wildman–Crippen MR) is 241 cm³/mol. The Hall–Kier alpha value is -1.11. The first-order valence-corrected chi connectivity index (χ1v) is 26.5. The average Bonchev–Trinajstić information content (AvgIpc) is 3.56. The summed E-state index contributed by atoms with van der Waals surface area (Å²) >= 11 is 0. The van der Waals surface area contributed by atoms with E-state index in [0.29, 0.717) is 49.9 Å². The van der Waals surface area contributed by atoms with Gasteiger partial charge in [0.15, 0.2) is 0 Å². The molecule has 1 aromatic carbocycles. The summed E-state index contributed by atoms with van der Waals surface area (Å²) in [5.74, 6) is 4.45. The van der Waals surface area contributed by atoms with Crippen molar-refractivity contribution < 1.29 is 67.9 Å². The summed E-state index contributed by atoms with van der Waals surface area (Å²) < 4.78 is 152. The predicted octanol–water partition coefficient (Wildman–Crippen LogP) is 14.5. The molecule has 2 fully saturated rings. The molecule has 0 aliphatic heterocycles. The number of unbranched alkanes of at least 4 members (excludes halogenated alkanes) is 7. The molecule has 3 aliphatic carbocycles. The molecule has 2 saturated carbocycles. The molecule has 5 unspecified atom stereocenters. The van der Waals surface area contributed by atoms with Gasteiger partial charge in [-0.2, -0.15) is 39.5 Å². The second-order valence-electron chi connectivity index (χ2n) is 19.0. The maximum Gasteiger partial charge on any atom is 0.435 e. The van der Waals surface area contributed by atoms with E-state index >= 15 is 0 Å². The van der Waals surface area contributed by atoms with Crippen LogP contribution in [0, 0.1) is 23.2 Å². The molecule has 0 N–H and O–H groups in total. The van der Waals surface area contributed by atoms with Crippen LogP contribution in [0.5, 0.6) is 5.75 Å². The van der Waals surface area contributed by atoms with Crippen molar-refractivity contribution >= 4 is 21.6 Å². The number of rotatable bonds is 31. The van der Waals surface area contributed by atoms with E-state index in [0.717, 1.165) is 62.6 Å². The van der Waals surface area contributed by atoms with Gasteiger partial charge in [0.1, 0.15) is 12.4 Å². The van der Waals surface area contributed by atoms with Crippen molar-refractivity contribution in [3.63, 3.8) is 0 Å². The van der Waals surface area contributed by atoms with E-state index in [1.165, 1.54) is 68.9 Å². The Bertz CT molecular complexity index is 1450. The van der Waals surface area contributed by atoms with Crippen LogP contribution in [0.1, 0.15) is 148 Å². The van der Waals surface area contributed by atoms with Crippen molar-refractivity contribution in [3.8, 4) is 5.75 Å². The van der Waals surface area contributed by atoms with E-state index in [-0.39, 0.29) is 30.3 Å². The number of fused-ring (bicyclic) bond motifs is 5. The standard InChI is InChI=1S/C48H75F9O6S2/c1-34(2)61-32-36(33-62-35(3)4)15-12-10-8-6-7-9-11-13-29-64-65-30-28-58-26-27-59-38-17-19-39-37(31-38)16-18-41-40(39)22-23-44(5)42(41)20-21-43(44)60-24-14-25-63-45(46(49,50)51,47(52,53)54)48(55,56)57/h17,19,31,34-36,40-43H,6-16,18,20-30,32-33H2,1-5H3. The molecule has 17 heteroatoms. The number of aryl methyl sites for hydroxylation is 1. The largest absolute Gasteiger partial charge is 0.491 e. The SMILES string of the molecule is CC(C)OCC(CCCCCCCCCCSSCCOCCOc1ccc2c(c1)CCC1C2CCC2(C)C(OCCCOC(C(F)(F)F)(C(F)(F)F)C(F)(F)F)CCC12)COC(C)C. The van der Waals surface area contributed by atoms with E-state index in [9.17, 15) is 39.5 Å². The van der Waals surface area contributed by atoms with Gasteiger partial charge in [-0.3, -0.25) is 0 Å². The molecular formula is C48H75F9O6S2. The molecule has 0 spiro atoms. The maximum absolute atomic E-state index is 13.2. The van der Waals surface area contributed by atoms with E-state index in [4.69, 9.17) is 23.7 Å². The van der Waals surface area contributed by atoms with Crippen LogP contribution < -0.4 is 4.74 Å². The fraction of sp³-hybridized carbons (Fsp3) is 0.875. The van der Waals surface area contributed by atoms with E-state index in [1.54, 1.807) is 0 Å². The second kappa shape index (κ2) is 26.8. The van der Waals surface area contributed by atoms with Gasteiger partial charge in [-0.1, -0.05) is 79.5 Å². The molecule has 1 aromatic rings. The number of hydrogen-bond donors (Lipinski definition) is 0. The Morgan fingerprint density at radius 3 is 1.91 bits per heavy atom. The van der Waals surface area contributed by atoms with Crippen molar-refractivity contribution in [2.24, 2.45) is 23.2 Å². The highest BCUT2D eigenvalue weighted by Crippen LogP contribution is 2.62. The van der Waals surface area contributed by atoms with Crippen LogP contribution in [0.4, 0.5) is 39.5 Å². The number of benzene rings is 1. The van der Waals surface area contributed by atoms with Crippen molar-refractivity contribution in [1.29, 1.82) is 0 Å². The summed E-state index contributed by atoms with van der Waals surface area (Å²) in [6, 6.07) is 6.31. The molecule has 5 atom stereocenters. The monoisotopic (exact) mass is 982 g/mol. The number of halogens is 9. The molecule has 65 heavy (non-hydrogen) atoms. The van der Waals surface area contributed by atoms with E-state index in [1.807, 2.05) is 27.7 Å². The molecule has 0 heterocycles. The van der Waals surface area contributed by atoms with Gasteiger partial charge in [-0.25, -0.2) is 0 Å². The minimum Gasteiger partial charge on any atom is -0.491 e. The Morgan fingerprint density at radius 1 is 0.662 bits per heavy atom. The average molecular weight is 983 g/mol. The van der Waals surface area contributed by atoms with Gasteiger partial charge < -0.3 is 28.4 Å². The van der Waals surface area contributed by atoms with Crippen LogP contribution in [0.15, 0.2) is 18.2 Å². The summed E-state index contributed by atoms with van der Waals surface area (Å²) in [6.45, 7) is 12.0. The highest BCUT2D eigenvalue weighted by Gasteiger charge is 2.85. The molecule has 0 amide bonds. The van der Waals surface area contributed by atoms with Crippen molar-refractivity contribution in [2.75, 3.05) is 57.8 Å². The zero-order valence-corrected chi connectivity index (χ0v) is 40.8. The topological polar surface area (TPSA) is 55.4 Å². The van der Waals surface area contributed by atoms with Gasteiger partial charge >= 0.3 is 24.1 Å². The van der Waals surface area contributed by atoms with Gasteiger partial charge in [0.25, 0.3) is 0 Å². The summed E-state index contributed by atoms with van der Waals surface area (Å²) in [4.78, 5) is 0. The van der Waals surface area contributed by atoms with Crippen LogP contribution in [0.25, 0.3) is 0 Å². The third-order valence-electron chi connectivity index (χ3n) is 13.5. The normalized spacial score (nSPS) is 22.8. The van der Waals surface area contributed by atoms with Crippen LogP contribution in [0.2, 0.25) is 0 Å². The fourth-order valence-corrected chi connectivity index (χ4v) is 12.2. The lowest BCUT2D eigenvalue weighted by Crippen LogP contribution is -2.67. The third kappa shape index (κ3) is 16.5. The van der Waals surface area contributed by atoms with Crippen molar-refractivity contribution in [3.05, 3.63) is 29.3 Å². The van der Waals surface area contributed by atoms with Crippen LogP contribution >= 0.6 is 21.6 Å². The summed E-state index contributed by atoms with van der Waals surface area (Å²) in [7, 11) is 3.78. The lowest BCUT2D eigenvalue weighted by atomic mass is 9.55. The van der Waals surface area contributed by atoms with Gasteiger partial charge in [0.2, 0.25) is 0 Å². The lowest BCUT2D eigenvalue weighted by molar-refractivity contribution is -0.457. The summed E-state index contributed by atoms with van der Waals surface area (Å²) in [6.07, 6.45) is -3.97. The zero-order chi connectivity index (χ0) is 47.7. The van der Waals surface area contributed by atoms with Crippen LogP contribution in [-0.4, -0.2) is 100 Å². The highest BCUT2D eigenvalue weighted by molar-refractivity contribution is 8.76. The van der Waals surface area contributed by atoms with E-state index in [2.05, 4.69) is 51.5 Å². The number of ether oxygens (including phenoxy) is 6. The number of hydrogen-bond acceptors (Lipinski definition) is 8. The van der Waals surface area contributed by atoms with Crippen LogP contribution in [0.3, 0.4) is 0 Å². The Labute approximate surface area is 390 Å². The van der Waals surface area contributed by atoms with Gasteiger partial charge in [0.05, 0.1) is 51.3 Å². The lowest BCUT2D eigenvalue weighted by Gasteiger charge is -2.50. The smallest absolute Gasteiger partial charge is 0.435 e. The fourth-order valence-electron chi connectivity index (χ4n) is 10.2. The molecule has 0 bridgehead atoms. The summed E-state index contributed by atoms with van der Waals surface area (Å²) in [5.41, 5.74) is -3.92. The molecule has 0 saturated heterocycles. The number of alkyl halides is 9. The quantitative estimate of drug-likeness (QED) is 0.0414. The Morgan fingerprint density at radius 2 is 1.28 bits per heavy atom. The van der Waals surface area contributed by atoms with Gasteiger partial charge in [-0.05, 0) is 132 Å². The zero-order valence-electron chi connectivity index (χ0n) is 39.1. The Kier molecular flexibility index (Phi) is 23.2. The Balaban J connectivity index is 1.03. The first-order valence-electron chi connectivity index (χ1n) is 24.0. The van der Waals surface area contributed by atoms with Crippen molar-refractivity contribution in [2.45, 2.75) is 186 Å². The molecule has 378 valence electrons. The first kappa shape index (κ1) is 56.5. The third-order valence-corrected chi connectivity index (χ3v) is 16.0. The maximum atomic E-state index is 13.2.